The topological polar surface area (TPSA) is 133 Å². The molecule has 0 bridgehead atoms. The Hall–Kier alpha value is -6.16. The molecule has 298 valence electrons. The van der Waals surface area contributed by atoms with Crippen LogP contribution in [0.4, 0.5) is 0 Å². The quantitative estimate of drug-likeness (QED) is 0.129. The van der Waals surface area contributed by atoms with Crippen LogP contribution in [-0.4, -0.2) is 75.8 Å². The highest BCUT2D eigenvalue weighted by molar-refractivity contribution is 6.02. The summed E-state index contributed by atoms with van der Waals surface area (Å²) in [6, 6.07) is 25.7. The second-order valence-corrected chi connectivity index (χ2v) is 15.6. The lowest BCUT2D eigenvalue weighted by Gasteiger charge is -2.21. The number of hydrogen-bond acceptors (Lipinski definition) is 6. The van der Waals surface area contributed by atoms with Gasteiger partial charge >= 0.3 is 5.97 Å². The van der Waals surface area contributed by atoms with Crippen molar-refractivity contribution >= 4 is 23.7 Å². The number of carbonyl (C=O) groups excluding carboxylic acids is 3. The Morgan fingerprint density at radius 3 is 1.37 bits per heavy atom. The Bertz CT molecular complexity index is 2180. The standard InChI is InChI=1S/C27H32N4O2.C20H23NO3/c1-17(2)16-31(6)27(33)24-12-22(21-9-7-18(3)8-10-21)11-23(13-24)26(32)30-19(4)25-14-28-20(5)29-15-25;1-13(2)12-21(4)19(22)17-9-16(10-18(11-17)20(23)24)15-7-5-14(3)6-8-15/h7-15,17,19H,16H2,1-6H3,(H,30,32);5-11,13H,12H2,1-4H3,(H,23,24)/t19-;/m1./s1. The third kappa shape index (κ3) is 12.4. The normalized spacial score (nSPS) is 11.4. The molecule has 4 aromatic carbocycles. The molecule has 0 unspecified atom stereocenters. The number of amides is 3. The molecule has 57 heavy (non-hydrogen) atoms. The third-order valence-corrected chi connectivity index (χ3v) is 9.26. The number of benzene rings is 4. The number of aromatic nitrogens is 2. The Kier molecular flexibility index (Phi) is 15.0. The lowest BCUT2D eigenvalue weighted by molar-refractivity contribution is 0.0695. The molecule has 0 saturated carbocycles. The van der Waals surface area contributed by atoms with Crippen LogP contribution in [0.2, 0.25) is 0 Å². The minimum absolute atomic E-state index is 0.105. The second kappa shape index (κ2) is 19.6. The Labute approximate surface area is 337 Å². The van der Waals surface area contributed by atoms with E-state index in [1.165, 1.54) is 6.07 Å². The highest BCUT2D eigenvalue weighted by Crippen LogP contribution is 2.26. The number of aromatic carboxylic acids is 1. The average Bonchev–Trinajstić information content (AvgIpc) is 3.17. The highest BCUT2D eigenvalue weighted by Gasteiger charge is 2.20. The van der Waals surface area contributed by atoms with Gasteiger partial charge in [0.15, 0.2) is 0 Å². The highest BCUT2D eigenvalue weighted by atomic mass is 16.4. The number of carboxylic acid groups (broad SMARTS) is 1. The second-order valence-electron chi connectivity index (χ2n) is 15.6. The molecule has 0 fully saturated rings. The summed E-state index contributed by atoms with van der Waals surface area (Å²) in [5.41, 5.74) is 7.95. The number of nitrogens with zero attached hydrogens (tertiary/aromatic N) is 4. The summed E-state index contributed by atoms with van der Waals surface area (Å²) in [6.07, 6.45) is 3.43. The molecule has 0 saturated heterocycles. The number of hydrogen-bond donors (Lipinski definition) is 2. The molecule has 5 aromatic rings. The van der Waals surface area contributed by atoms with Crippen LogP contribution >= 0.6 is 0 Å². The van der Waals surface area contributed by atoms with E-state index in [4.69, 9.17) is 0 Å². The molecule has 1 heterocycles. The summed E-state index contributed by atoms with van der Waals surface area (Å²) in [6.45, 7) is 17.2. The molecular weight excluding hydrogens is 715 g/mol. The Morgan fingerprint density at radius 2 is 0.965 bits per heavy atom. The van der Waals surface area contributed by atoms with Gasteiger partial charge in [0.2, 0.25) is 0 Å². The smallest absolute Gasteiger partial charge is 0.335 e. The van der Waals surface area contributed by atoms with Crippen LogP contribution in [-0.2, 0) is 0 Å². The molecule has 0 aliphatic carbocycles. The minimum atomic E-state index is -1.04. The van der Waals surface area contributed by atoms with Gasteiger partial charge in [-0.05, 0) is 98.2 Å². The first kappa shape index (κ1) is 43.6. The average molecular weight is 770 g/mol. The zero-order valence-electron chi connectivity index (χ0n) is 34.8. The molecule has 1 aromatic heterocycles. The molecule has 2 N–H and O–H groups in total. The molecular formula is C47H55N5O5. The van der Waals surface area contributed by atoms with E-state index in [0.717, 1.165) is 38.9 Å². The summed E-state index contributed by atoms with van der Waals surface area (Å²) in [5.74, 6) is -0.191. The predicted molar refractivity (Wildman–Crippen MR) is 226 cm³/mol. The van der Waals surface area contributed by atoms with E-state index in [1.807, 2.05) is 102 Å². The van der Waals surface area contributed by atoms with E-state index in [0.29, 0.717) is 47.4 Å². The van der Waals surface area contributed by atoms with Crippen molar-refractivity contribution in [2.24, 2.45) is 11.8 Å². The maximum atomic E-state index is 13.2. The van der Waals surface area contributed by atoms with Crippen molar-refractivity contribution in [3.63, 3.8) is 0 Å². The number of aryl methyl sites for hydroxylation is 3. The van der Waals surface area contributed by atoms with Crippen molar-refractivity contribution in [3.8, 4) is 22.3 Å². The first-order valence-electron chi connectivity index (χ1n) is 19.2. The largest absolute Gasteiger partial charge is 0.478 e. The number of nitrogens with one attached hydrogen (secondary N) is 1. The summed E-state index contributed by atoms with van der Waals surface area (Å²) < 4.78 is 0. The van der Waals surface area contributed by atoms with Crippen molar-refractivity contribution in [1.29, 1.82) is 0 Å². The van der Waals surface area contributed by atoms with Crippen molar-refractivity contribution in [3.05, 3.63) is 142 Å². The molecule has 0 aliphatic rings. The van der Waals surface area contributed by atoms with Gasteiger partial charge in [-0.25, -0.2) is 14.8 Å². The molecule has 0 radical (unpaired) electrons. The van der Waals surface area contributed by atoms with Crippen LogP contribution in [0.3, 0.4) is 0 Å². The molecule has 10 heteroatoms. The molecule has 1 atom stereocenters. The van der Waals surface area contributed by atoms with Gasteiger partial charge in [0.1, 0.15) is 5.82 Å². The third-order valence-electron chi connectivity index (χ3n) is 9.26. The van der Waals surface area contributed by atoms with E-state index >= 15 is 0 Å². The van der Waals surface area contributed by atoms with Crippen LogP contribution in [0.1, 0.15) is 105 Å². The zero-order chi connectivity index (χ0) is 42.0. The van der Waals surface area contributed by atoms with E-state index in [1.54, 1.807) is 54.5 Å². The molecule has 0 spiro atoms. The van der Waals surface area contributed by atoms with Crippen molar-refractivity contribution in [2.75, 3.05) is 27.2 Å². The van der Waals surface area contributed by atoms with Gasteiger partial charge in [-0.3, -0.25) is 14.4 Å². The van der Waals surface area contributed by atoms with Gasteiger partial charge in [0, 0.05) is 61.8 Å². The van der Waals surface area contributed by atoms with E-state index in [-0.39, 0.29) is 29.3 Å². The maximum Gasteiger partial charge on any atom is 0.335 e. The fraction of sp³-hybridized carbons (Fsp3) is 0.319. The minimum Gasteiger partial charge on any atom is -0.478 e. The maximum absolute atomic E-state index is 13.2. The summed E-state index contributed by atoms with van der Waals surface area (Å²) in [4.78, 5) is 62.1. The van der Waals surface area contributed by atoms with Crippen LogP contribution < -0.4 is 5.32 Å². The van der Waals surface area contributed by atoms with Gasteiger partial charge in [0.25, 0.3) is 17.7 Å². The predicted octanol–water partition coefficient (Wildman–Crippen LogP) is 9.07. The van der Waals surface area contributed by atoms with Gasteiger partial charge in [-0.15, -0.1) is 0 Å². The van der Waals surface area contributed by atoms with Gasteiger partial charge in [-0.2, -0.15) is 0 Å². The monoisotopic (exact) mass is 769 g/mol. The van der Waals surface area contributed by atoms with Crippen LogP contribution in [0, 0.1) is 32.6 Å². The fourth-order valence-electron chi connectivity index (χ4n) is 6.27. The SMILES string of the molecule is Cc1ccc(-c2cc(C(=O)N[C@H](C)c3cnc(C)nc3)cc(C(=O)N(C)CC(C)C)c2)cc1.Cc1ccc(-c2cc(C(=O)O)cc(C(=O)N(C)CC(C)C)c2)cc1. The van der Waals surface area contributed by atoms with E-state index in [2.05, 4.69) is 29.1 Å². The fourth-order valence-corrected chi connectivity index (χ4v) is 6.27. The van der Waals surface area contributed by atoms with Gasteiger partial charge < -0.3 is 20.2 Å². The summed E-state index contributed by atoms with van der Waals surface area (Å²) in [7, 11) is 3.53. The molecule has 5 rings (SSSR count). The Morgan fingerprint density at radius 1 is 0.579 bits per heavy atom. The lowest BCUT2D eigenvalue weighted by Crippen LogP contribution is -2.31. The Balaban J connectivity index is 0.000000266. The van der Waals surface area contributed by atoms with Crippen molar-refractivity contribution < 1.29 is 24.3 Å². The number of carboxylic acids is 1. The van der Waals surface area contributed by atoms with Crippen LogP contribution in [0.25, 0.3) is 22.3 Å². The van der Waals surface area contributed by atoms with Gasteiger partial charge in [-0.1, -0.05) is 87.4 Å². The zero-order valence-corrected chi connectivity index (χ0v) is 34.8. The lowest BCUT2D eigenvalue weighted by atomic mass is 9.97. The summed E-state index contributed by atoms with van der Waals surface area (Å²) in [5, 5.41) is 12.4. The van der Waals surface area contributed by atoms with Crippen molar-refractivity contribution in [1.82, 2.24) is 25.1 Å². The van der Waals surface area contributed by atoms with E-state index < -0.39 is 5.97 Å². The first-order chi connectivity index (χ1) is 26.9. The van der Waals surface area contributed by atoms with Crippen molar-refractivity contribution in [2.45, 2.75) is 61.4 Å². The first-order valence-corrected chi connectivity index (χ1v) is 19.2. The summed E-state index contributed by atoms with van der Waals surface area (Å²) >= 11 is 0. The molecule has 3 amide bonds. The molecule has 0 aliphatic heterocycles. The van der Waals surface area contributed by atoms with Gasteiger partial charge in [0.05, 0.1) is 11.6 Å². The molecule has 10 nitrogen and oxygen atoms in total. The number of carbonyl (C=O) groups is 4. The number of rotatable bonds is 12. The van der Waals surface area contributed by atoms with E-state index in [9.17, 15) is 24.3 Å². The van der Waals surface area contributed by atoms with Crippen LogP contribution in [0.5, 0.6) is 0 Å². The van der Waals surface area contributed by atoms with Crippen LogP contribution in [0.15, 0.2) is 97.3 Å².